The molecule has 0 fully saturated rings. The average Bonchev–Trinajstić information content (AvgIpc) is 2.63. The molecular weight excluding hydrogens is 330 g/mol. The van der Waals surface area contributed by atoms with Gasteiger partial charge < -0.3 is 0 Å². The lowest BCUT2D eigenvalue weighted by Crippen LogP contribution is -2.26. The first-order chi connectivity index (χ1) is 12.3. The van der Waals surface area contributed by atoms with E-state index >= 15 is 0 Å². The molecule has 2 rings (SSSR count). The van der Waals surface area contributed by atoms with E-state index in [2.05, 4.69) is 24.5 Å². The van der Waals surface area contributed by atoms with E-state index in [1.165, 1.54) is 17.7 Å². The van der Waals surface area contributed by atoms with Crippen LogP contribution in [0.15, 0.2) is 65.6 Å². The number of hydrogen-bond acceptors (Lipinski definition) is 3. The molecule has 0 aliphatic carbocycles. The predicted octanol–water partition coefficient (Wildman–Crippen LogP) is 5.37. The number of nitrogens with one attached hydrogen (secondary N) is 1. The minimum Gasteiger partial charge on any atom is -0.273 e. The van der Waals surface area contributed by atoms with Crippen LogP contribution in [0.4, 0.5) is 0 Å². The summed E-state index contributed by atoms with van der Waals surface area (Å²) in [5.74, 6) is -0.0548. The monoisotopic (exact) mass is 357 g/mol. The standard InChI is InChI=1S/C21H27NO2S/c1-2-3-6-15-20(25-19-13-9-5-10-14-19)16-21(23)22-24-17-18-11-7-4-8-12-18/h4-5,7-14,20H,2-3,6,15-17H2,1H3,(H,22,23). The topological polar surface area (TPSA) is 38.3 Å². The van der Waals surface area contributed by atoms with E-state index < -0.39 is 0 Å². The molecule has 0 aliphatic rings. The zero-order chi connectivity index (χ0) is 17.7. The maximum absolute atomic E-state index is 12.2. The van der Waals surface area contributed by atoms with E-state index in [-0.39, 0.29) is 11.2 Å². The van der Waals surface area contributed by atoms with Crippen molar-refractivity contribution in [3.05, 3.63) is 66.2 Å². The van der Waals surface area contributed by atoms with Gasteiger partial charge in [0, 0.05) is 16.6 Å². The van der Waals surface area contributed by atoms with Gasteiger partial charge in [0.05, 0.1) is 6.61 Å². The van der Waals surface area contributed by atoms with Crippen LogP contribution in [0, 0.1) is 0 Å². The number of hydroxylamine groups is 1. The highest BCUT2D eigenvalue weighted by atomic mass is 32.2. The Morgan fingerprint density at radius 2 is 1.72 bits per heavy atom. The first-order valence-electron chi connectivity index (χ1n) is 8.94. The summed E-state index contributed by atoms with van der Waals surface area (Å²) in [7, 11) is 0. The fourth-order valence-electron chi connectivity index (χ4n) is 2.54. The number of rotatable bonds is 11. The molecule has 0 heterocycles. The summed E-state index contributed by atoms with van der Waals surface area (Å²) >= 11 is 1.78. The summed E-state index contributed by atoms with van der Waals surface area (Å²) in [6.07, 6.45) is 5.06. The minimum absolute atomic E-state index is 0.0548. The van der Waals surface area contributed by atoms with Gasteiger partial charge in [-0.05, 0) is 24.1 Å². The van der Waals surface area contributed by atoms with E-state index in [1.807, 2.05) is 48.5 Å². The van der Waals surface area contributed by atoms with Gasteiger partial charge in [-0.2, -0.15) is 0 Å². The lowest BCUT2D eigenvalue weighted by Gasteiger charge is -2.16. The molecule has 0 saturated heterocycles. The van der Waals surface area contributed by atoms with Crippen LogP contribution in [0.1, 0.15) is 44.6 Å². The molecule has 2 aromatic carbocycles. The van der Waals surface area contributed by atoms with E-state index in [0.717, 1.165) is 18.4 Å². The highest BCUT2D eigenvalue weighted by Gasteiger charge is 2.15. The van der Waals surface area contributed by atoms with Crippen molar-refractivity contribution in [2.45, 2.75) is 55.8 Å². The van der Waals surface area contributed by atoms with Crippen LogP contribution >= 0.6 is 11.8 Å². The Kier molecular flexibility index (Phi) is 9.16. The third-order valence-corrected chi connectivity index (χ3v) is 5.14. The normalized spacial score (nSPS) is 11.9. The third-order valence-electron chi connectivity index (χ3n) is 3.86. The molecule has 0 aliphatic heterocycles. The van der Waals surface area contributed by atoms with Crippen molar-refractivity contribution in [3.63, 3.8) is 0 Å². The largest absolute Gasteiger partial charge is 0.273 e. The van der Waals surface area contributed by atoms with Crippen molar-refractivity contribution in [1.29, 1.82) is 0 Å². The molecule has 25 heavy (non-hydrogen) atoms. The Labute approximate surface area is 155 Å². The second-order valence-electron chi connectivity index (χ2n) is 6.05. The maximum atomic E-state index is 12.2. The van der Waals surface area contributed by atoms with Gasteiger partial charge in [0.15, 0.2) is 0 Å². The average molecular weight is 358 g/mol. The first-order valence-corrected chi connectivity index (χ1v) is 9.82. The molecule has 1 atom stereocenters. The number of carbonyl (C=O) groups excluding carboxylic acids is 1. The van der Waals surface area contributed by atoms with Crippen LogP contribution in [0.2, 0.25) is 0 Å². The molecular formula is C21H27NO2S. The summed E-state index contributed by atoms with van der Waals surface area (Å²) in [5, 5.41) is 0.272. The molecule has 0 spiro atoms. The number of hydrogen-bond donors (Lipinski definition) is 1. The van der Waals surface area contributed by atoms with Crippen molar-refractivity contribution in [2.75, 3.05) is 0 Å². The fourth-order valence-corrected chi connectivity index (χ4v) is 3.76. The molecule has 2 aromatic rings. The van der Waals surface area contributed by atoms with Crippen molar-refractivity contribution < 1.29 is 9.63 Å². The SMILES string of the molecule is CCCCCC(CC(=O)NOCc1ccccc1)Sc1ccccc1. The highest BCUT2D eigenvalue weighted by Crippen LogP contribution is 2.28. The summed E-state index contributed by atoms with van der Waals surface area (Å²) in [4.78, 5) is 18.8. The molecule has 3 nitrogen and oxygen atoms in total. The number of unbranched alkanes of at least 4 members (excludes halogenated alkanes) is 2. The maximum Gasteiger partial charge on any atom is 0.244 e. The van der Waals surface area contributed by atoms with Crippen LogP contribution in [0.3, 0.4) is 0 Å². The quantitative estimate of drug-likeness (QED) is 0.334. The van der Waals surface area contributed by atoms with Crippen molar-refractivity contribution in [2.24, 2.45) is 0 Å². The molecule has 134 valence electrons. The van der Waals surface area contributed by atoms with Gasteiger partial charge in [-0.1, -0.05) is 74.7 Å². The lowest BCUT2D eigenvalue weighted by molar-refractivity contribution is -0.134. The zero-order valence-electron chi connectivity index (χ0n) is 14.8. The van der Waals surface area contributed by atoms with E-state index in [4.69, 9.17) is 4.84 Å². The fraction of sp³-hybridized carbons (Fsp3) is 0.381. The molecule has 0 radical (unpaired) electrons. The molecule has 1 N–H and O–H groups in total. The summed E-state index contributed by atoms with van der Waals surface area (Å²) in [5.41, 5.74) is 3.63. The summed E-state index contributed by atoms with van der Waals surface area (Å²) in [6, 6.07) is 20.1. The second kappa shape index (κ2) is 11.7. The molecule has 0 bridgehead atoms. The van der Waals surface area contributed by atoms with Crippen molar-refractivity contribution >= 4 is 17.7 Å². The van der Waals surface area contributed by atoms with Crippen LogP contribution in [-0.2, 0) is 16.2 Å². The van der Waals surface area contributed by atoms with Crippen LogP contribution in [0.5, 0.6) is 0 Å². The van der Waals surface area contributed by atoms with Crippen LogP contribution < -0.4 is 5.48 Å². The first kappa shape index (κ1) is 19.5. The van der Waals surface area contributed by atoms with Gasteiger partial charge in [-0.3, -0.25) is 9.63 Å². The number of benzene rings is 2. The zero-order valence-corrected chi connectivity index (χ0v) is 15.6. The summed E-state index contributed by atoms with van der Waals surface area (Å²) < 4.78 is 0. The Balaban J connectivity index is 1.78. The summed E-state index contributed by atoms with van der Waals surface area (Å²) in [6.45, 7) is 2.59. The second-order valence-corrected chi connectivity index (χ2v) is 7.43. The Morgan fingerprint density at radius 3 is 2.40 bits per heavy atom. The Hall–Kier alpha value is -1.78. The highest BCUT2D eigenvalue weighted by molar-refractivity contribution is 8.00. The van der Waals surface area contributed by atoms with Crippen molar-refractivity contribution in [3.8, 4) is 0 Å². The molecule has 0 saturated carbocycles. The predicted molar refractivity (Wildman–Crippen MR) is 104 cm³/mol. The van der Waals surface area contributed by atoms with Gasteiger partial charge in [0.1, 0.15) is 0 Å². The van der Waals surface area contributed by atoms with Crippen LogP contribution in [0.25, 0.3) is 0 Å². The number of thioether (sulfide) groups is 1. The number of carbonyl (C=O) groups is 1. The van der Waals surface area contributed by atoms with Gasteiger partial charge in [0.25, 0.3) is 0 Å². The smallest absolute Gasteiger partial charge is 0.244 e. The van der Waals surface area contributed by atoms with Crippen LogP contribution in [-0.4, -0.2) is 11.2 Å². The minimum atomic E-state index is -0.0548. The van der Waals surface area contributed by atoms with E-state index in [9.17, 15) is 4.79 Å². The Morgan fingerprint density at radius 1 is 1.04 bits per heavy atom. The van der Waals surface area contributed by atoms with Gasteiger partial charge >= 0.3 is 0 Å². The number of amides is 1. The third kappa shape index (κ3) is 8.23. The van der Waals surface area contributed by atoms with E-state index in [1.54, 1.807) is 11.8 Å². The molecule has 4 heteroatoms. The Bertz CT molecular complexity index is 604. The van der Waals surface area contributed by atoms with Gasteiger partial charge in [0.2, 0.25) is 5.91 Å². The molecule has 1 amide bonds. The van der Waals surface area contributed by atoms with Gasteiger partial charge in [-0.25, -0.2) is 5.48 Å². The van der Waals surface area contributed by atoms with Gasteiger partial charge in [-0.15, -0.1) is 11.8 Å². The molecule has 1 unspecified atom stereocenters. The lowest BCUT2D eigenvalue weighted by atomic mass is 10.1. The molecule has 0 aromatic heterocycles. The van der Waals surface area contributed by atoms with E-state index in [0.29, 0.717) is 13.0 Å². The van der Waals surface area contributed by atoms with Crippen molar-refractivity contribution in [1.82, 2.24) is 5.48 Å².